The van der Waals surface area contributed by atoms with E-state index in [0.717, 1.165) is 51.4 Å². The van der Waals surface area contributed by atoms with Gasteiger partial charge in [-0.1, -0.05) is 44.3 Å². The molecule has 3 amide bonds. The summed E-state index contributed by atoms with van der Waals surface area (Å²) >= 11 is 0. The Hall–Kier alpha value is -2.09. The summed E-state index contributed by atoms with van der Waals surface area (Å²) in [6.07, 6.45) is 11.7. The predicted octanol–water partition coefficient (Wildman–Crippen LogP) is 3.46. The third-order valence-corrected chi connectivity index (χ3v) is 7.24. The van der Waals surface area contributed by atoms with Crippen molar-refractivity contribution < 1.29 is 19.5 Å². The topological polar surface area (TPSA) is 134 Å². The van der Waals surface area contributed by atoms with Crippen molar-refractivity contribution in [3.05, 3.63) is 12.2 Å². The Kier molecular flexibility index (Phi) is 11.7. The van der Waals surface area contributed by atoms with E-state index in [9.17, 15) is 19.5 Å². The molecule has 0 spiro atoms. The van der Waals surface area contributed by atoms with Crippen LogP contribution >= 0.6 is 0 Å². The summed E-state index contributed by atoms with van der Waals surface area (Å²) in [6, 6.07) is -2.15. The van der Waals surface area contributed by atoms with E-state index in [2.05, 4.69) is 29.5 Å². The van der Waals surface area contributed by atoms with Crippen LogP contribution in [0.1, 0.15) is 90.4 Å². The molecule has 0 aliphatic heterocycles. The number of carbonyl (C=O) groups excluding carboxylic acids is 2. The number of rotatable bonds is 12. The number of amides is 3. The van der Waals surface area contributed by atoms with Gasteiger partial charge in [-0.2, -0.15) is 0 Å². The maximum absolute atomic E-state index is 13.2. The lowest BCUT2D eigenvalue weighted by Gasteiger charge is -2.32. The van der Waals surface area contributed by atoms with Crippen LogP contribution in [0.3, 0.4) is 0 Å². The highest BCUT2D eigenvalue weighted by Gasteiger charge is 2.30. The summed E-state index contributed by atoms with van der Waals surface area (Å²) in [4.78, 5) is 37.4. The van der Waals surface area contributed by atoms with Gasteiger partial charge in [0.05, 0.1) is 0 Å². The molecule has 0 heterocycles. The standard InChI is InChI=1S/C25H44N4O4/c1-17(2)19-11-13-20(14-12-19)27-23(30)22(16-18-8-4-3-5-9-18)29-25(33)28-21(24(31)32)10-6-7-15-26/h18-22H,1,3-16,26H2,2H3,(H,27,30)(H,31,32)(H2,28,29,33)/t19?,20?,21-,22-/m0/s1. The largest absolute Gasteiger partial charge is 0.480 e. The van der Waals surface area contributed by atoms with Crippen LogP contribution < -0.4 is 21.7 Å². The monoisotopic (exact) mass is 464 g/mol. The van der Waals surface area contributed by atoms with Crippen LogP contribution in [-0.4, -0.2) is 47.7 Å². The second-order valence-electron chi connectivity index (χ2n) is 9.99. The lowest BCUT2D eigenvalue weighted by Crippen LogP contribution is -2.55. The molecule has 2 aliphatic carbocycles. The summed E-state index contributed by atoms with van der Waals surface area (Å²) in [7, 11) is 0. The molecular formula is C25H44N4O4. The first-order valence-electron chi connectivity index (χ1n) is 12.8. The molecule has 2 rings (SSSR count). The number of carboxylic acid groups (broad SMARTS) is 1. The maximum Gasteiger partial charge on any atom is 0.326 e. The van der Waals surface area contributed by atoms with Crippen molar-refractivity contribution in [1.82, 2.24) is 16.0 Å². The van der Waals surface area contributed by atoms with Crippen LogP contribution in [0, 0.1) is 11.8 Å². The van der Waals surface area contributed by atoms with E-state index in [0.29, 0.717) is 44.1 Å². The van der Waals surface area contributed by atoms with Gasteiger partial charge in [0.2, 0.25) is 5.91 Å². The molecule has 33 heavy (non-hydrogen) atoms. The number of carboxylic acids is 1. The summed E-state index contributed by atoms with van der Waals surface area (Å²) < 4.78 is 0. The molecule has 0 unspecified atom stereocenters. The van der Waals surface area contributed by atoms with Crippen LogP contribution in [0.25, 0.3) is 0 Å². The van der Waals surface area contributed by atoms with Gasteiger partial charge >= 0.3 is 12.0 Å². The van der Waals surface area contributed by atoms with E-state index in [1.807, 2.05) is 0 Å². The zero-order valence-corrected chi connectivity index (χ0v) is 20.2. The molecule has 2 fully saturated rings. The van der Waals surface area contributed by atoms with Crippen molar-refractivity contribution in [2.75, 3.05) is 6.54 Å². The lowest BCUT2D eigenvalue weighted by molar-refractivity contribution is -0.139. The molecule has 2 aliphatic rings. The Morgan fingerprint density at radius 1 is 0.970 bits per heavy atom. The number of carbonyl (C=O) groups is 3. The second kappa shape index (κ2) is 14.2. The highest BCUT2D eigenvalue weighted by atomic mass is 16.4. The lowest BCUT2D eigenvalue weighted by atomic mass is 9.82. The number of nitrogens with two attached hydrogens (primary N) is 1. The minimum atomic E-state index is -1.08. The Labute approximate surface area is 198 Å². The van der Waals surface area contributed by atoms with Gasteiger partial charge in [-0.3, -0.25) is 4.79 Å². The van der Waals surface area contributed by atoms with Crippen LogP contribution in [0.2, 0.25) is 0 Å². The minimum absolute atomic E-state index is 0.106. The summed E-state index contributed by atoms with van der Waals surface area (Å²) in [5.41, 5.74) is 6.68. The van der Waals surface area contributed by atoms with Crippen LogP contribution in [0.15, 0.2) is 12.2 Å². The Bertz CT molecular complexity index is 655. The molecule has 0 bridgehead atoms. The number of hydrogen-bond acceptors (Lipinski definition) is 4. The van der Waals surface area contributed by atoms with Crippen LogP contribution in [0.4, 0.5) is 4.79 Å². The highest BCUT2D eigenvalue weighted by molar-refractivity contribution is 5.88. The summed E-state index contributed by atoms with van der Waals surface area (Å²) in [5, 5.41) is 17.9. The maximum atomic E-state index is 13.2. The summed E-state index contributed by atoms with van der Waals surface area (Å²) in [6.45, 7) is 6.61. The zero-order valence-electron chi connectivity index (χ0n) is 20.2. The smallest absolute Gasteiger partial charge is 0.326 e. The molecule has 2 atom stereocenters. The van der Waals surface area contributed by atoms with Gasteiger partial charge in [0.1, 0.15) is 12.1 Å². The quantitative estimate of drug-likeness (QED) is 0.223. The van der Waals surface area contributed by atoms with Crippen LogP contribution in [0.5, 0.6) is 0 Å². The van der Waals surface area contributed by atoms with Crippen LogP contribution in [-0.2, 0) is 9.59 Å². The molecule has 0 aromatic heterocycles. The molecule has 0 radical (unpaired) electrons. The Morgan fingerprint density at radius 3 is 2.18 bits per heavy atom. The SMILES string of the molecule is C=C(C)C1CCC(NC(=O)[C@H](CC2CCCCC2)NC(=O)N[C@@H](CCCCN)C(=O)O)CC1. The fourth-order valence-corrected chi connectivity index (χ4v) is 5.13. The molecule has 2 saturated carbocycles. The van der Waals surface area contributed by atoms with E-state index in [1.54, 1.807) is 0 Å². The van der Waals surface area contributed by atoms with Gasteiger partial charge in [0, 0.05) is 6.04 Å². The van der Waals surface area contributed by atoms with E-state index in [-0.39, 0.29) is 11.9 Å². The average Bonchev–Trinajstić information content (AvgIpc) is 2.79. The van der Waals surface area contributed by atoms with E-state index in [4.69, 9.17) is 5.73 Å². The van der Waals surface area contributed by atoms with Gasteiger partial charge < -0.3 is 26.8 Å². The van der Waals surface area contributed by atoms with Gasteiger partial charge in [-0.05, 0) is 76.7 Å². The minimum Gasteiger partial charge on any atom is -0.480 e. The third kappa shape index (κ3) is 9.74. The van der Waals surface area contributed by atoms with E-state index < -0.39 is 24.1 Å². The fraction of sp³-hybridized carbons (Fsp3) is 0.800. The first-order valence-corrected chi connectivity index (χ1v) is 12.8. The van der Waals surface area contributed by atoms with E-state index >= 15 is 0 Å². The number of hydrogen-bond donors (Lipinski definition) is 5. The Morgan fingerprint density at radius 2 is 1.61 bits per heavy atom. The van der Waals surface area contributed by atoms with Crippen molar-refractivity contribution >= 4 is 17.9 Å². The molecule has 188 valence electrons. The average molecular weight is 465 g/mol. The van der Waals surface area contributed by atoms with Gasteiger partial charge in [-0.25, -0.2) is 9.59 Å². The van der Waals surface area contributed by atoms with Crippen molar-refractivity contribution in [2.45, 2.75) is 109 Å². The second-order valence-corrected chi connectivity index (χ2v) is 9.99. The first kappa shape index (κ1) is 27.2. The predicted molar refractivity (Wildman–Crippen MR) is 130 cm³/mol. The van der Waals surface area contributed by atoms with Gasteiger partial charge in [0.15, 0.2) is 0 Å². The molecule has 0 saturated heterocycles. The zero-order chi connectivity index (χ0) is 24.2. The van der Waals surface area contributed by atoms with E-state index in [1.165, 1.54) is 12.0 Å². The van der Waals surface area contributed by atoms with Gasteiger partial charge in [0.25, 0.3) is 0 Å². The summed E-state index contributed by atoms with van der Waals surface area (Å²) in [5.74, 6) is -0.324. The molecule has 8 nitrogen and oxygen atoms in total. The fourth-order valence-electron chi connectivity index (χ4n) is 5.13. The Balaban J connectivity index is 1.95. The number of unbranched alkanes of at least 4 members (excludes halogenated alkanes) is 1. The number of urea groups is 1. The number of nitrogens with one attached hydrogen (secondary N) is 3. The van der Waals surface area contributed by atoms with Crippen molar-refractivity contribution in [2.24, 2.45) is 17.6 Å². The first-order chi connectivity index (χ1) is 15.8. The van der Waals surface area contributed by atoms with Crippen molar-refractivity contribution in [3.63, 3.8) is 0 Å². The van der Waals surface area contributed by atoms with Gasteiger partial charge in [-0.15, -0.1) is 0 Å². The molecule has 8 heteroatoms. The molecule has 0 aromatic rings. The number of aliphatic carboxylic acids is 1. The third-order valence-electron chi connectivity index (χ3n) is 7.24. The van der Waals surface area contributed by atoms with Crippen molar-refractivity contribution in [3.8, 4) is 0 Å². The van der Waals surface area contributed by atoms with Crippen molar-refractivity contribution in [1.29, 1.82) is 0 Å². The highest BCUT2D eigenvalue weighted by Crippen LogP contribution is 2.30. The normalized spacial score (nSPS) is 23.2. The number of allylic oxidation sites excluding steroid dienone is 1. The molecule has 6 N–H and O–H groups in total. The molecular weight excluding hydrogens is 420 g/mol. The molecule has 0 aromatic carbocycles.